The first-order valence-corrected chi connectivity index (χ1v) is 9.89. The van der Waals surface area contributed by atoms with E-state index in [1.807, 2.05) is 32.3 Å². The molecule has 1 aliphatic heterocycles. The highest BCUT2D eigenvalue weighted by Crippen LogP contribution is 2.32. The van der Waals surface area contributed by atoms with Crippen molar-refractivity contribution in [3.63, 3.8) is 0 Å². The summed E-state index contributed by atoms with van der Waals surface area (Å²) in [6, 6.07) is 6.02. The highest BCUT2D eigenvalue weighted by Gasteiger charge is 2.23. The van der Waals surface area contributed by atoms with Gasteiger partial charge in [-0.15, -0.1) is 0 Å². The standard InChI is InChI=1S/C22H28N4O2/c1-14(2)17-12-15(3)13-18-19(17)22(27)28-20(23-18)16-6-7-25(5)21(16)26-10-8-24(4)9-11-26/h6-7,12-14H,8-11H2,1-5H3. The van der Waals surface area contributed by atoms with Crippen molar-refractivity contribution in [3.8, 4) is 11.5 Å². The van der Waals surface area contributed by atoms with E-state index in [9.17, 15) is 4.79 Å². The van der Waals surface area contributed by atoms with Crippen LogP contribution in [0.25, 0.3) is 22.4 Å². The molecule has 2 aromatic heterocycles. The van der Waals surface area contributed by atoms with Gasteiger partial charge in [0, 0.05) is 39.4 Å². The fraction of sp³-hybridized carbons (Fsp3) is 0.455. The van der Waals surface area contributed by atoms with Gasteiger partial charge in [0.25, 0.3) is 0 Å². The van der Waals surface area contributed by atoms with Gasteiger partial charge in [0.15, 0.2) is 0 Å². The Morgan fingerprint density at radius 2 is 1.82 bits per heavy atom. The van der Waals surface area contributed by atoms with E-state index in [1.54, 1.807) is 0 Å². The van der Waals surface area contributed by atoms with Crippen LogP contribution in [0.3, 0.4) is 0 Å². The molecule has 0 bridgehead atoms. The average molecular weight is 380 g/mol. The first-order chi connectivity index (χ1) is 13.3. The molecule has 28 heavy (non-hydrogen) atoms. The monoisotopic (exact) mass is 380 g/mol. The molecule has 148 valence electrons. The molecular weight excluding hydrogens is 352 g/mol. The number of aromatic nitrogens is 2. The Hall–Kier alpha value is -2.60. The van der Waals surface area contributed by atoms with Gasteiger partial charge in [-0.2, -0.15) is 0 Å². The molecule has 0 amide bonds. The number of aryl methyl sites for hydroxylation is 2. The molecule has 0 radical (unpaired) electrons. The van der Waals surface area contributed by atoms with Crippen molar-refractivity contribution in [2.24, 2.45) is 7.05 Å². The van der Waals surface area contributed by atoms with Crippen LogP contribution in [0, 0.1) is 6.92 Å². The van der Waals surface area contributed by atoms with Gasteiger partial charge in [0.05, 0.1) is 16.5 Å². The van der Waals surface area contributed by atoms with E-state index in [-0.39, 0.29) is 11.5 Å². The smallest absolute Gasteiger partial charge is 0.347 e. The SMILES string of the molecule is Cc1cc(C(C)C)c2c(=O)oc(-c3ccn(C)c3N3CCN(C)CC3)nc2c1. The van der Waals surface area contributed by atoms with E-state index in [1.165, 1.54) is 0 Å². The van der Waals surface area contributed by atoms with Gasteiger partial charge in [0.2, 0.25) is 5.89 Å². The normalized spacial score (nSPS) is 15.7. The fourth-order valence-electron chi connectivity index (χ4n) is 4.05. The van der Waals surface area contributed by atoms with Crippen molar-refractivity contribution in [1.29, 1.82) is 0 Å². The molecule has 6 heteroatoms. The van der Waals surface area contributed by atoms with Crippen molar-refractivity contribution in [2.45, 2.75) is 26.7 Å². The second-order valence-electron chi connectivity index (χ2n) is 8.16. The van der Waals surface area contributed by atoms with Gasteiger partial charge in [-0.1, -0.05) is 19.9 Å². The van der Waals surface area contributed by atoms with Gasteiger partial charge >= 0.3 is 5.63 Å². The summed E-state index contributed by atoms with van der Waals surface area (Å²) >= 11 is 0. The predicted octanol–water partition coefficient (Wildman–Crippen LogP) is 3.38. The van der Waals surface area contributed by atoms with E-state index in [0.717, 1.165) is 48.7 Å². The summed E-state index contributed by atoms with van der Waals surface area (Å²) in [6.45, 7) is 10.1. The second-order valence-corrected chi connectivity index (χ2v) is 8.16. The second kappa shape index (κ2) is 7.09. The molecule has 3 aromatic rings. The van der Waals surface area contributed by atoms with Crippen LogP contribution in [-0.2, 0) is 7.05 Å². The zero-order valence-corrected chi connectivity index (χ0v) is 17.3. The van der Waals surface area contributed by atoms with Crippen molar-refractivity contribution in [1.82, 2.24) is 14.5 Å². The molecule has 1 saturated heterocycles. The predicted molar refractivity (Wildman–Crippen MR) is 113 cm³/mol. The lowest BCUT2D eigenvalue weighted by Gasteiger charge is -2.34. The van der Waals surface area contributed by atoms with Crippen molar-refractivity contribution >= 4 is 16.7 Å². The maximum absolute atomic E-state index is 12.9. The molecule has 1 aliphatic rings. The van der Waals surface area contributed by atoms with E-state index < -0.39 is 0 Å². The number of hydrogen-bond acceptors (Lipinski definition) is 5. The molecule has 0 N–H and O–H groups in total. The Morgan fingerprint density at radius 1 is 1.11 bits per heavy atom. The zero-order valence-electron chi connectivity index (χ0n) is 17.3. The topological polar surface area (TPSA) is 54.5 Å². The number of piperazine rings is 1. The summed E-state index contributed by atoms with van der Waals surface area (Å²) in [7, 11) is 4.17. The fourth-order valence-corrected chi connectivity index (χ4v) is 4.05. The van der Waals surface area contributed by atoms with E-state index >= 15 is 0 Å². The molecule has 0 aliphatic carbocycles. The maximum atomic E-state index is 12.9. The molecule has 6 nitrogen and oxygen atoms in total. The number of fused-ring (bicyclic) bond motifs is 1. The lowest BCUT2D eigenvalue weighted by atomic mass is 9.97. The molecule has 1 fully saturated rings. The highest BCUT2D eigenvalue weighted by atomic mass is 16.4. The Labute approximate surface area is 165 Å². The third-order valence-electron chi connectivity index (χ3n) is 5.60. The number of benzene rings is 1. The Morgan fingerprint density at radius 3 is 2.50 bits per heavy atom. The maximum Gasteiger partial charge on any atom is 0.347 e. The van der Waals surface area contributed by atoms with Gasteiger partial charge in [-0.3, -0.25) is 0 Å². The van der Waals surface area contributed by atoms with Crippen molar-refractivity contribution in [3.05, 3.63) is 45.9 Å². The Balaban J connectivity index is 1.86. The summed E-state index contributed by atoms with van der Waals surface area (Å²) in [6.07, 6.45) is 2.00. The minimum Gasteiger partial charge on any atom is -0.403 e. The van der Waals surface area contributed by atoms with Crippen LogP contribution in [-0.4, -0.2) is 47.7 Å². The third kappa shape index (κ3) is 3.22. The molecule has 3 heterocycles. The van der Waals surface area contributed by atoms with Gasteiger partial charge in [-0.25, -0.2) is 9.78 Å². The van der Waals surface area contributed by atoms with Crippen LogP contribution in [0.5, 0.6) is 0 Å². The van der Waals surface area contributed by atoms with Gasteiger partial charge in [-0.05, 0) is 43.1 Å². The van der Waals surface area contributed by atoms with Crippen LogP contribution in [0.4, 0.5) is 5.82 Å². The molecule has 0 saturated carbocycles. The molecule has 1 aromatic carbocycles. The van der Waals surface area contributed by atoms with Crippen molar-refractivity contribution < 1.29 is 4.42 Å². The summed E-state index contributed by atoms with van der Waals surface area (Å²) in [5.41, 5.74) is 3.38. The van der Waals surface area contributed by atoms with Crippen LogP contribution in [0.15, 0.2) is 33.6 Å². The minimum absolute atomic E-state index is 0.232. The molecule has 0 unspecified atom stereocenters. The summed E-state index contributed by atoms with van der Waals surface area (Å²) in [4.78, 5) is 22.4. The molecule has 4 rings (SSSR count). The highest BCUT2D eigenvalue weighted by molar-refractivity contribution is 5.84. The number of anilines is 1. The summed E-state index contributed by atoms with van der Waals surface area (Å²) in [5.74, 6) is 1.68. The van der Waals surface area contributed by atoms with E-state index in [0.29, 0.717) is 16.8 Å². The number of rotatable bonds is 3. The van der Waals surface area contributed by atoms with Gasteiger partial charge < -0.3 is 18.8 Å². The Bertz CT molecular complexity index is 1070. The number of hydrogen-bond donors (Lipinski definition) is 0. The number of likely N-dealkylation sites (N-methyl/N-ethyl adjacent to an activating group) is 1. The van der Waals surface area contributed by atoms with E-state index in [4.69, 9.17) is 9.40 Å². The molecule has 0 atom stereocenters. The quantitative estimate of drug-likeness (QED) is 0.697. The molecular formula is C22H28N4O2. The summed E-state index contributed by atoms with van der Waals surface area (Å²) in [5, 5.41) is 0.599. The van der Waals surface area contributed by atoms with Crippen LogP contribution in [0.2, 0.25) is 0 Å². The lowest BCUT2D eigenvalue weighted by Crippen LogP contribution is -2.45. The zero-order chi connectivity index (χ0) is 20.0. The van der Waals surface area contributed by atoms with Crippen LogP contribution < -0.4 is 10.5 Å². The van der Waals surface area contributed by atoms with Crippen molar-refractivity contribution in [2.75, 3.05) is 38.1 Å². The van der Waals surface area contributed by atoms with Crippen LogP contribution in [0.1, 0.15) is 30.9 Å². The first-order valence-electron chi connectivity index (χ1n) is 9.89. The Kier molecular flexibility index (Phi) is 4.75. The molecule has 0 spiro atoms. The lowest BCUT2D eigenvalue weighted by molar-refractivity contribution is 0.311. The summed E-state index contributed by atoms with van der Waals surface area (Å²) < 4.78 is 7.84. The average Bonchev–Trinajstić information content (AvgIpc) is 3.02. The first kappa shape index (κ1) is 18.7. The third-order valence-corrected chi connectivity index (χ3v) is 5.60. The number of nitrogens with zero attached hydrogens (tertiary/aromatic N) is 4. The van der Waals surface area contributed by atoms with Gasteiger partial charge in [0.1, 0.15) is 5.82 Å². The minimum atomic E-state index is -0.308. The largest absolute Gasteiger partial charge is 0.403 e. The van der Waals surface area contributed by atoms with Crippen LogP contribution >= 0.6 is 0 Å². The van der Waals surface area contributed by atoms with E-state index in [2.05, 4.69) is 41.3 Å².